The molecular weight excluding hydrogens is 390 g/mol. The summed E-state index contributed by atoms with van der Waals surface area (Å²) in [4.78, 5) is 12.0. The third kappa shape index (κ3) is 5.14. The van der Waals surface area contributed by atoms with Crippen molar-refractivity contribution in [3.8, 4) is 11.5 Å². The Hall–Kier alpha value is -3.32. The van der Waals surface area contributed by atoms with E-state index in [-0.39, 0.29) is 17.1 Å². The highest BCUT2D eigenvalue weighted by Crippen LogP contribution is 2.25. The van der Waals surface area contributed by atoms with Crippen molar-refractivity contribution in [1.29, 1.82) is 0 Å². The molecule has 0 spiro atoms. The second-order valence-corrected chi connectivity index (χ2v) is 7.92. The highest BCUT2D eigenvalue weighted by Gasteiger charge is 2.17. The number of hydrogen-bond donors (Lipinski definition) is 1. The van der Waals surface area contributed by atoms with Gasteiger partial charge >= 0.3 is 5.97 Å². The van der Waals surface area contributed by atoms with E-state index in [4.69, 9.17) is 9.47 Å². The van der Waals surface area contributed by atoms with Crippen LogP contribution in [0.4, 0.5) is 5.69 Å². The molecule has 0 aromatic heterocycles. The lowest BCUT2D eigenvalue weighted by molar-refractivity contribution is 0.0526. The largest absolute Gasteiger partial charge is 0.462 e. The van der Waals surface area contributed by atoms with Gasteiger partial charge in [0.2, 0.25) is 0 Å². The first-order valence-electron chi connectivity index (χ1n) is 9.02. The maximum Gasteiger partial charge on any atom is 0.338 e. The van der Waals surface area contributed by atoms with Gasteiger partial charge in [0.25, 0.3) is 10.0 Å². The molecule has 0 unspecified atom stereocenters. The van der Waals surface area contributed by atoms with Gasteiger partial charge in [-0.25, -0.2) is 13.2 Å². The molecule has 0 fully saturated rings. The van der Waals surface area contributed by atoms with Crippen molar-refractivity contribution in [3.63, 3.8) is 0 Å². The second kappa shape index (κ2) is 8.79. The molecule has 0 aliphatic carbocycles. The minimum atomic E-state index is -3.84. The van der Waals surface area contributed by atoms with E-state index in [2.05, 4.69) is 4.72 Å². The van der Waals surface area contributed by atoms with Crippen LogP contribution in [0.3, 0.4) is 0 Å². The summed E-state index contributed by atoms with van der Waals surface area (Å²) >= 11 is 0. The lowest BCUT2D eigenvalue weighted by atomic mass is 10.1. The zero-order valence-electron chi connectivity index (χ0n) is 16.1. The minimum absolute atomic E-state index is 0.0823. The molecule has 1 N–H and O–H groups in total. The normalized spacial score (nSPS) is 11.0. The summed E-state index contributed by atoms with van der Waals surface area (Å²) in [6.07, 6.45) is 0. The topological polar surface area (TPSA) is 81.7 Å². The summed E-state index contributed by atoms with van der Waals surface area (Å²) in [6, 6.07) is 20.0. The van der Waals surface area contributed by atoms with Crippen LogP contribution in [-0.2, 0) is 14.8 Å². The van der Waals surface area contributed by atoms with Crippen LogP contribution in [-0.4, -0.2) is 21.0 Å². The van der Waals surface area contributed by atoms with Crippen LogP contribution >= 0.6 is 0 Å². The Balaban J connectivity index is 1.79. The van der Waals surface area contributed by atoms with Gasteiger partial charge in [-0.3, -0.25) is 4.72 Å². The van der Waals surface area contributed by atoms with Gasteiger partial charge in [-0.15, -0.1) is 0 Å². The number of hydrogen-bond acceptors (Lipinski definition) is 5. The highest BCUT2D eigenvalue weighted by molar-refractivity contribution is 7.92. The van der Waals surface area contributed by atoms with Gasteiger partial charge in [0.1, 0.15) is 11.5 Å². The summed E-state index contributed by atoms with van der Waals surface area (Å²) in [5.74, 6) is 0.679. The number of rotatable bonds is 7. The van der Waals surface area contributed by atoms with Crippen LogP contribution in [0.15, 0.2) is 77.7 Å². The quantitative estimate of drug-likeness (QED) is 0.567. The van der Waals surface area contributed by atoms with E-state index in [1.54, 1.807) is 38.1 Å². The first-order chi connectivity index (χ1) is 13.9. The van der Waals surface area contributed by atoms with Crippen LogP contribution in [0.5, 0.6) is 11.5 Å². The van der Waals surface area contributed by atoms with E-state index in [1.165, 1.54) is 18.2 Å². The van der Waals surface area contributed by atoms with E-state index in [1.807, 2.05) is 30.3 Å². The molecular formula is C22H21NO5S. The van der Waals surface area contributed by atoms with Gasteiger partial charge in [0.05, 0.1) is 22.8 Å². The zero-order chi connectivity index (χ0) is 20.9. The molecule has 0 saturated heterocycles. The molecule has 0 amide bonds. The Morgan fingerprint density at radius 1 is 0.931 bits per heavy atom. The Morgan fingerprint density at radius 2 is 1.59 bits per heavy atom. The van der Waals surface area contributed by atoms with Crippen molar-refractivity contribution in [3.05, 3.63) is 83.9 Å². The van der Waals surface area contributed by atoms with Gasteiger partial charge < -0.3 is 9.47 Å². The van der Waals surface area contributed by atoms with Crippen molar-refractivity contribution in [2.45, 2.75) is 18.7 Å². The van der Waals surface area contributed by atoms with Crippen molar-refractivity contribution in [1.82, 2.24) is 0 Å². The molecule has 0 bridgehead atoms. The SMILES string of the molecule is CCOC(=O)c1ccc(C)c(NS(=O)(=O)c2ccc(Oc3ccccc3)cc2)c1. The fraction of sp³-hybridized carbons (Fsp3) is 0.136. The van der Waals surface area contributed by atoms with Crippen molar-refractivity contribution < 1.29 is 22.7 Å². The maximum absolute atomic E-state index is 12.8. The summed E-state index contributed by atoms with van der Waals surface area (Å²) in [7, 11) is -3.84. The number of sulfonamides is 1. The monoisotopic (exact) mass is 411 g/mol. The number of carbonyl (C=O) groups is 1. The van der Waals surface area contributed by atoms with E-state index in [9.17, 15) is 13.2 Å². The number of carbonyl (C=O) groups excluding carboxylic acids is 1. The molecule has 29 heavy (non-hydrogen) atoms. The Labute approximate surface area is 170 Å². The number of esters is 1. The van der Waals surface area contributed by atoms with Gasteiger partial charge in [0.15, 0.2) is 0 Å². The van der Waals surface area contributed by atoms with Crippen LogP contribution in [0.1, 0.15) is 22.8 Å². The standard InChI is InChI=1S/C22H21NO5S/c1-3-27-22(24)17-10-9-16(2)21(15-17)23-29(25,26)20-13-11-19(12-14-20)28-18-7-5-4-6-8-18/h4-15,23H,3H2,1-2H3. The zero-order valence-corrected chi connectivity index (χ0v) is 16.9. The lowest BCUT2D eigenvalue weighted by Gasteiger charge is -2.13. The number of ether oxygens (including phenoxy) is 2. The van der Waals surface area contributed by atoms with Gasteiger partial charge in [-0.2, -0.15) is 0 Å². The molecule has 0 aliphatic rings. The average molecular weight is 411 g/mol. The summed E-state index contributed by atoms with van der Waals surface area (Å²) in [5.41, 5.74) is 1.28. The van der Waals surface area contributed by atoms with E-state index >= 15 is 0 Å². The molecule has 7 heteroatoms. The fourth-order valence-corrected chi connectivity index (χ4v) is 3.71. The third-order valence-corrected chi connectivity index (χ3v) is 5.49. The smallest absolute Gasteiger partial charge is 0.338 e. The molecule has 0 heterocycles. The molecule has 3 aromatic rings. The average Bonchev–Trinajstić information content (AvgIpc) is 2.71. The van der Waals surface area contributed by atoms with Gasteiger partial charge in [-0.1, -0.05) is 24.3 Å². The van der Waals surface area contributed by atoms with Crippen LogP contribution in [0.25, 0.3) is 0 Å². The summed E-state index contributed by atoms with van der Waals surface area (Å²) in [6.45, 7) is 3.70. The van der Waals surface area contributed by atoms with Crippen molar-refractivity contribution in [2.24, 2.45) is 0 Å². The highest BCUT2D eigenvalue weighted by atomic mass is 32.2. The van der Waals surface area contributed by atoms with Crippen LogP contribution < -0.4 is 9.46 Å². The van der Waals surface area contributed by atoms with E-state index < -0.39 is 16.0 Å². The fourth-order valence-electron chi connectivity index (χ4n) is 2.59. The number of anilines is 1. The lowest BCUT2D eigenvalue weighted by Crippen LogP contribution is -2.14. The number of benzene rings is 3. The predicted molar refractivity (Wildman–Crippen MR) is 111 cm³/mol. The molecule has 3 rings (SSSR count). The predicted octanol–water partition coefficient (Wildman–Crippen LogP) is 4.76. The summed E-state index contributed by atoms with van der Waals surface area (Å²) < 4.78 is 38.7. The number of para-hydroxylation sites is 1. The van der Waals surface area contributed by atoms with Gasteiger partial charge in [-0.05, 0) is 67.9 Å². The molecule has 3 aromatic carbocycles. The van der Waals surface area contributed by atoms with Crippen LogP contribution in [0.2, 0.25) is 0 Å². The Kier molecular flexibility index (Phi) is 6.19. The maximum atomic E-state index is 12.8. The van der Waals surface area contributed by atoms with E-state index in [0.717, 1.165) is 0 Å². The van der Waals surface area contributed by atoms with E-state index in [0.29, 0.717) is 22.7 Å². The first-order valence-corrected chi connectivity index (χ1v) is 10.5. The molecule has 150 valence electrons. The van der Waals surface area contributed by atoms with Crippen molar-refractivity contribution >= 4 is 21.7 Å². The summed E-state index contributed by atoms with van der Waals surface area (Å²) in [5, 5.41) is 0. The Morgan fingerprint density at radius 3 is 2.24 bits per heavy atom. The van der Waals surface area contributed by atoms with Gasteiger partial charge in [0, 0.05) is 0 Å². The second-order valence-electron chi connectivity index (χ2n) is 6.24. The minimum Gasteiger partial charge on any atom is -0.462 e. The number of aryl methyl sites for hydroxylation is 1. The molecule has 0 atom stereocenters. The first kappa shape index (κ1) is 20.4. The Bertz CT molecular complexity index is 1090. The van der Waals surface area contributed by atoms with Crippen molar-refractivity contribution in [2.75, 3.05) is 11.3 Å². The molecule has 0 radical (unpaired) electrons. The molecule has 0 aliphatic heterocycles. The van der Waals surface area contributed by atoms with Crippen LogP contribution in [0, 0.1) is 6.92 Å². The third-order valence-electron chi connectivity index (χ3n) is 4.11. The molecule has 0 saturated carbocycles. The molecule has 6 nitrogen and oxygen atoms in total. The number of nitrogens with one attached hydrogen (secondary N) is 1.